The number of halogens is 2. The quantitative estimate of drug-likeness (QED) is 0.793. The number of benzene rings is 1. The molecule has 3 unspecified atom stereocenters. The van der Waals surface area contributed by atoms with Gasteiger partial charge in [0.2, 0.25) is 0 Å². The normalized spacial score (nSPS) is 24.0. The lowest BCUT2D eigenvalue weighted by atomic mass is 9.76. The van der Waals surface area contributed by atoms with Gasteiger partial charge in [0.05, 0.1) is 0 Å². The maximum atomic E-state index is 14.5. The van der Waals surface area contributed by atoms with E-state index in [1.54, 1.807) is 6.92 Å². The first-order valence-corrected chi connectivity index (χ1v) is 8.22. The van der Waals surface area contributed by atoms with Crippen molar-refractivity contribution in [3.63, 3.8) is 0 Å². The van der Waals surface area contributed by atoms with Crippen molar-refractivity contribution in [2.45, 2.75) is 58.9 Å². The monoisotopic (exact) mass is 295 g/mol. The van der Waals surface area contributed by atoms with Gasteiger partial charge in [-0.05, 0) is 56.2 Å². The van der Waals surface area contributed by atoms with Crippen molar-refractivity contribution in [1.29, 1.82) is 0 Å². The van der Waals surface area contributed by atoms with Crippen LogP contribution in [0.5, 0.6) is 0 Å². The van der Waals surface area contributed by atoms with Crippen molar-refractivity contribution in [1.82, 2.24) is 5.32 Å². The first-order chi connectivity index (χ1) is 10.0. The molecule has 21 heavy (non-hydrogen) atoms. The van der Waals surface area contributed by atoms with Crippen LogP contribution in [0.1, 0.15) is 63.1 Å². The molecule has 1 nitrogen and oxygen atoms in total. The van der Waals surface area contributed by atoms with E-state index >= 15 is 0 Å². The fraction of sp³-hybridized carbons (Fsp3) is 0.667. The number of nitrogens with one attached hydrogen (secondary N) is 1. The molecule has 0 heterocycles. The second kappa shape index (κ2) is 7.35. The largest absolute Gasteiger partial charge is 0.310 e. The van der Waals surface area contributed by atoms with E-state index in [1.165, 1.54) is 18.6 Å². The van der Waals surface area contributed by atoms with Crippen LogP contribution in [-0.2, 0) is 0 Å². The van der Waals surface area contributed by atoms with E-state index in [0.29, 0.717) is 17.4 Å². The summed E-state index contributed by atoms with van der Waals surface area (Å²) in [6.45, 7) is 6.82. The molecule has 0 aromatic heterocycles. The van der Waals surface area contributed by atoms with Crippen LogP contribution in [0.4, 0.5) is 8.78 Å². The molecule has 2 rings (SSSR count). The van der Waals surface area contributed by atoms with Gasteiger partial charge in [0, 0.05) is 11.6 Å². The van der Waals surface area contributed by atoms with Crippen molar-refractivity contribution in [2.24, 2.45) is 11.8 Å². The lowest BCUT2D eigenvalue weighted by molar-refractivity contribution is 0.217. The lowest BCUT2D eigenvalue weighted by Crippen LogP contribution is -2.33. The van der Waals surface area contributed by atoms with Gasteiger partial charge in [-0.25, -0.2) is 8.78 Å². The van der Waals surface area contributed by atoms with Crippen LogP contribution in [0.25, 0.3) is 0 Å². The highest BCUT2D eigenvalue weighted by molar-refractivity contribution is 5.30. The number of aryl methyl sites for hydroxylation is 1. The summed E-state index contributed by atoms with van der Waals surface area (Å²) in [5.41, 5.74) is 0.779. The highest BCUT2D eigenvalue weighted by atomic mass is 19.1. The third-order valence-corrected chi connectivity index (χ3v) is 4.69. The molecule has 0 saturated heterocycles. The summed E-state index contributed by atoms with van der Waals surface area (Å²) >= 11 is 0. The fourth-order valence-electron chi connectivity index (χ4n) is 3.55. The predicted octanol–water partition coefficient (Wildman–Crippen LogP) is 5.14. The van der Waals surface area contributed by atoms with Crippen LogP contribution in [0.15, 0.2) is 12.1 Å². The van der Waals surface area contributed by atoms with Crippen LogP contribution in [0.2, 0.25) is 0 Å². The van der Waals surface area contributed by atoms with Crippen LogP contribution in [0, 0.1) is 30.4 Å². The van der Waals surface area contributed by atoms with Gasteiger partial charge in [0.1, 0.15) is 11.6 Å². The number of hydrogen-bond acceptors (Lipinski definition) is 1. The molecule has 1 saturated carbocycles. The maximum Gasteiger partial charge on any atom is 0.133 e. The molecule has 1 N–H and O–H groups in total. The summed E-state index contributed by atoms with van der Waals surface area (Å²) in [6, 6.07) is 2.72. The molecular weight excluding hydrogens is 268 g/mol. The van der Waals surface area contributed by atoms with Crippen molar-refractivity contribution >= 4 is 0 Å². The van der Waals surface area contributed by atoms with Crippen molar-refractivity contribution in [3.8, 4) is 0 Å². The molecule has 3 atom stereocenters. The maximum absolute atomic E-state index is 14.5. The van der Waals surface area contributed by atoms with Crippen LogP contribution < -0.4 is 5.32 Å². The Balaban J connectivity index is 2.33. The van der Waals surface area contributed by atoms with Crippen molar-refractivity contribution in [2.75, 3.05) is 6.54 Å². The van der Waals surface area contributed by atoms with Gasteiger partial charge in [-0.15, -0.1) is 0 Å². The fourth-order valence-corrected chi connectivity index (χ4v) is 3.55. The van der Waals surface area contributed by atoms with Gasteiger partial charge in [-0.3, -0.25) is 0 Å². The van der Waals surface area contributed by atoms with Gasteiger partial charge in [-0.1, -0.05) is 32.8 Å². The summed E-state index contributed by atoms with van der Waals surface area (Å²) in [4.78, 5) is 0. The first-order valence-electron chi connectivity index (χ1n) is 8.22. The predicted molar refractivity (Wildman–Crippen MR) is 83.3 cm³/mol. The Kier molecular flexibility index (Phi) is 5.74. The summed E-state index contributed by atoms with van der Waals surface area (Å²) in [7, 11) is 0. The highest BCUT2D eigenvalue weighted by Gasteiger charge is 2.31. The Morgan fingerprint density at radius 3 is 2.71 bits per heavy atom. The molecule has 3 heteroatoms. The zero-order chi connectivity index (χ0) is 15.4. The topological polar surface area (TPSA) is 12.0 Å². The van der Waals surface area contributed by atoms with Gasteiger partial charge in [-0.2, -0.15) is 0 Å². The number of rotatable bonds is 5. The zero-order valence-corrected chi connectivity index (χ0v) is 13.4. The molecule has 118 valence electrons. The number of hydrogen-bond donors (Lipinski definition) is 1. The van der Waals surface area contributed by atoms with Gasteiger partial charge in [0.15, 0.2) is 0 Å². The smallest absolute Gasteiger partial charge is 0.133 e. The molecule has 0 amide bonds. The molecule has 1 aromatic carbocycles. The first kappa shape index (κ1) is 16.4. The van der Waals surface area contributed by atoms with Crippen molar-refractivity contribution < 1.29 is 8.78 Å². The SMILES string of the molecule is CCCNC(c1c(F)ccc(C)c1F)C1CCCC(C)C1. The summed E-state index contributed by atoms with van der Waals surface area (Å²) in [5.74, 6) is 0.184. The Labute approximate surface area is 127 Å². The summed E-state index contributed by atoms with van der Waals surface area (Å²) in [5, 5.41) is 3.40. The van der Waals surface area contributed by atoms with E-state index in [-0.39, 0.29) is 17.4 Å². The van der Waals surface area contributed by atoms with E-state index in [9.17, 15) is 8.78 Å². The highest BCUT2D eigenvalue weighted by Crippen LogP contribution is 2.39. The van der Waals surface area contributed by atoms with Crippen molar-refractivity contribution in [3.05, 3.63) is 34.9 Å². The molecule has 1 fully saturated rings. The minimum absolute atomic E-state index is 0.201. The Morgan fingerprint density at radius 1 is 1.29 bits per heavy atom. The molecule has 0 bridgehead atoms. The Bertz CT molecular complexity index is 473. The van der Waals surface area contributed by atoms with Gasteiger partial charge >= 0.3 is 0 Å². The molecule has 0 aliphatic heterocycles. The third-order valence-electron chi connectivity index (χ3n) is 4.69. The molecule has 0 spiro atoms. The molecule has 1 aliphatic rings. The molecular formula is C18H27F2N. The second-order valence-corrected chi connectivity index (χ2v) is 6.56. The van der Waals surface area contributed by atoms with Crippen LogP contribution in [-0.4, -0.2) is 6.54 Å². The van der Waals surface area contributed by atoms with Crippen LogP contribution in [0.3, 0.4) is 0 Å². The summed E-state index contributed by atoms with van der Waals surface area (Å²) in [6.07, 6.45) is 5.46. The van der Waals surface area contributed by atoms with Gasteiger partial charge in [0.25, 0.3) is 0 Å². The molecule has 1 aliphatic carbocycles. The van der Waals surface area contributed by atoms with E-state index in [2.05, 4.69) is 19.2 Å². The minimum atomic E-state index is -0.412. The lowest BCUT2D eigenvalue weighted by Gasteiger charge is -2.34. The minimum Gasteiger partial charge on any atom is -0.310 e. The van der Waals surface area contributed by atoms with Crippen LogP contribution >= 0.6 is 0 Å². The average Bonchev–Trinajstić information content (AvgIpc) is 2.46. The standard InChI is InChI=1S/C18H27F2N/c1-4-10-21-18(14-7-5-6-12(2)11-14)16-15(19)9-8-13(3)17(16)20/h8-9,12,14,18,21H,4-7,10-11H2,1-3H3. The zero-order valence-electron chi connectivity index (χ0n) is 13.4. The molecule has 1 aromatic rings. The van der Waals surface area contributed by atoms with Gasteiger partial charge < -0.3 is 5.32 Å². The second-order valence-electron chi connectivity index (χ2n) is 6.56. The van der Waals surface area contributed by atoms with E-state index < -0.39 is 5.82 Å². The van der Waals surface area contributed by atoms with E-state index in [1.807, 2.05) is 0 Å². The molecule has 0 radical (unpaired) electrons. The Hall–Kier alpha value is -0.960. The average molecular weight is 295 g/mol. The summed E-state index contributed by atoms with van der Waals surface area (Å²) < 4.78 is 28.8. The Morgan fingerprint density at radius 2 is 2.05 bits per heavy atom. The van der Waals surface area contributed by atoms with E-state index in [4.69, 9.17) is 0 Å². The van der Waals surface area contributed by atoms with E-state index in [0.717, 1.165) is 32.2 Å². The third kappa shape index (κ3) is 3.82.